The molecule has 0 unspecified atom stereocenters. The predicted molar refractivity (Wildman–Crippen MR) is 76.3 cm³/mol. The van der Waals surface area contributed by atoms with Crippen LogP contribution in [0.3, 0.4) is 0 Å². The highest BCUT2D eigenvalue weighted by atomic mass is 32.2. The summed E-state index contributed by atoms with van der Waals surface area (Å²) in [5.74, 6) is 0.0738. The first kappa shape index (κ1) is 15.7. The van der Waals surface area contributed by atoms with Crippen LogP contribution in [0.5, 0.6) is 0 Å². The topological polar surface area (TPSA) is 110 Å². The maximum atomic E-state index is 11.5. The van der Waals surface area contributed by atoms with Crippen LogP contribution in [0.4, 0.5) is 9.93 Å². The number of thioether (sulfide) groups is 1. The normalized spacial score (nSPS) is 12.2. The number of hydrogen-bond donors (Lipinski definition) is 3. The minimum Gasteiger partial charge on any atom is -0.360 e. The Balaban J connectivity index is 2.48. The molecule has 1 heterocycles. The molecule has 0 bridgehead atoms. The van der Waals surface area contributed by atoms with Crippen molar-refractivity contribution >= 4 is 40.2 Å². The molecule has 106 valence electrons. The van der Waals surface area contributed by atoms with Gasteiger partial charge in [-0.1, -0.05) is 36.9 Å². The lowest BCUT2D eigenvalue weighted by Gasteiger charge is -2.06. The number of nitrogens with one attached hydrogen (secondary N) is 2. The molecule has 0 radical (unpaired) electrons. The van der Waals surface area contributed by atoms with Crippen molar-refractivity contribution in [1.29, 1.82) is 0 Å². The number of imide groups is 1. The van der Waals surface area contributed by atoms with Crippen LogP contribution in [-0.4, -0.2) is 33.9 Å². The molecular weight excluding hydrogens is 286 g/mol. The molecule has 9 heteroatoms. The fraction of sp³-hybridized carbons (Fsp3) is 0.600. The quantitative estimate of drug-likeness (QED) is 0.683. The monoisotopic (exact) mass is 303 g/mol. The van der Waals surface area contributed by atoms with Crippen molar-refractivity contribution in [3.63, 3.8) is 0 Å². The average Bonchev–Trinajstić information content (AvgIpc) is 2.73. The summed E-state index contributed by atoms with van der Waals surface area (Å²) in [6, 6.07) is -0.853. The molecule has 4 N–H and O–H groups in total. The largest absolute Gasteiger partial charge is 0.360 e. The molecule has 0 spiro atoms. The van der Waals surface area contributed by atoms with Gasteiger partial charge in [0.1, 0.15) is 0 Å². The maximum Gasteiger partial charge on any atom is 0.318 e. The van der Waals surface area contributed by atoms with E-state index in [9.17, 15) is 9.59 Å². The van der Waals surface area contributed by atoms with Gasteiger partial charge in [-0.3, -0.25) is 10.1 Å². The number of urea groups is 1. The van der Waals surface area contributed by atoms with Gasteiger partial charge in [0.05, 0.1) is 5.25 Å². The number of aromatic nitrogens is 2. The second-order valence-corrected chi connectivity index (χ2v) is 6.83. The van der Waals surface area contributed by atoms with Crippen molar-refractivity contribution in [2.45, 2.75) is 30.4 Å². The number of hydrogen-bond acceptors (Lipinski definition) is 7. The van der Waals surface area contributed by atoms with E-state index in [-0.39, 0.29) is 0 Å². The second kappa shape index (κ2) is 7.29. The van der Waals surface area contributed by atoms with E-state index in [1.807, 2.05) is 5.32 Å². The first-order chi connectivity index (χ1) is 8.88. The molecular formula is C10H17N5O2S2. The highest BCUT2D eigenvalue weighted by Crippen LogP contribution is 2.28. The molecule has 0 fully saturated rings. The molecule has 1 aromatic rings. The molecule has 0 saturated carbocycles. The lowest BCUT2D eigenvalue weighted by atomic mass is 10.2. The number of carbonyl (C=O) groups excluding carboxylic acids is 2. The SMILES string of the molecule is CC(C)CNc1nnc(S[C@H](C)C(=O)NC(N)=O)s1. The summed E-state index contributed by atoms with van der Waals surface area (Å²) < 4.78 is 0.665. The van der Waals surface area contributed by atoms with Crippen LogP contribution in [0.2, 0.25) is 0 Å². The van der Waals surface area contributed by atoms with Gasteiger partial charge in [-0.15, -0.1) is 10.2 Å². The Morgan fingerprint density at radius 1 is 1.37 bits per heavy atom. The Bertz CT molecular complexity index is 449. The molecule has 19 heavy (non-hydrogen) atoms. The zero-order valence-electron chi connectivity index (χ0n) is 11.0. The summed E-state index contributed by atoms with van der Waals surface area (Å²) in [6.45, 7) is 6.68. The zero-order chi connectivity index (χ0) is 14.4. The first-order valence-electron chi connectivity index (χ1n) is 5.72. The van der Waals surface area contributed by atoms with Gasteiger partial charge in [0.15, 0.2) is 4.34 Å². The summed E-state index contributed by atoms with van der Waals surface area (Å²) in [5, 5.41) is 13.4. The van der Waals surface area contributed by atoms with Crippen LogP contribution in [0.15, 0.2) is 4.34 Å². The fourth-order valence-corrected chi connectivity index (χ4v) is 2.95. The summed E-state index contributed by atoms with van der Waals surface area (Å²) in [5.41, 5.74) is 4.88. The highest BCUT2D eigenvalue weighted by Gasteiger charge is 2.18. The van der Waals surface area contributed by atoms with Gasteiger partial charge < -0.3 is 11.1 Å². The van der Waals surface area contributed by atoms with E-state index in [0.29, 0.717) is 10.3 Å². The van der Waals surface area contributed by atoms with Crippen molar-refractivity contribution in [1.82, 2.24) is 15.5 Å². The Morgan fingerprint density at radius 2 is 2.05 bits per heavy atom. The van der Waals surface area contributed by atoms with Gasteiger partial charge in [0, 0.05) is 6.54 Å². The number of rotatable bonds is 6. The minimum atomic E-state index is -0.853. The standard InChI is InChI=1S/C10H17N5O2S2/c1-5(2)4-12-9-14-15-10(19-9)18-6(3)7(16)13-8(11)17/h5-6H,4H2,1-3H3,(H,12,14)(H3,11,13,16,17)/t6-/m1/s1. The number of primary amides is 1. The number of nitrogens with two attached hydrogens (primary N) is 1. The molecule has 1 atom stereocenters. The lowest BCUT2D eigenvalue weighted by Crippen LogP contribution is -2.39. The smallest absolute Gasteiger partial charge is 0.318 e. The Kier molecular flexibility index (Phi) is 6.03. The molecule has 0 aliphatic heterocycles. The van der Waals surface area contributed by atoms with Gasteiger partial charge in [0.25, 0.3) is 0 Å². The van der Waals surface area contributed by atoms with E-state index < -0.39 is 17.2 Å². The molecule has 7 nitrogen and oxygen atoms in total. The van der Waals surface area contributed by atoms with Crippen LogP contribution < -0.4 is 16.4 Å². The van der Waals surface area contributed by atoms with Crippen molar-refractivity contribution < 1.29 is 9.59 Å². The van der Waals surface area contributed by atoms with E-state index in [4.69, 9.17) is 5.73 Å². The highest BCUT2D eigenvalue weighted by molar-refractivity contribution is 8.02. The summed E-state index contributed by atoms with van der Waals surface area (Å²) in [4.78, 5) is 22.1. The molecule has 3 amide bonds. The molecule has 0 saturated heterocycles. The second-order valence-electron chi connectivity index (χ2n) is 4.26. The summed E-state index contributed by atoms with van der Waals surface area (Å²) in [6.07, 6.45) is 0. The molecule has 0 aliphatic rings. The van der Waals surface area contributed by atoms with Gasteiger partial charge >= 0.3 is 6.03 Å². The average molecular weight is 303 g/mol. The maximum absolute atomic E-state index is 11.5. The van der Waals surface area contributed by atoms with Gasteiger partial charge in [-0.25, -0.2) is 4.79 Å². The number of carbonyl (C=O) groups is 2. The summed E-state index contributed by atoms with van der Waals surface area (Å²) >= 11 is 2.61. The molecule has 0 aliphatic carbocycles. The Morgan fingerprint density at radius 3 is 2.63 bits per heavy atom. The van der Waals surface area contributed by atoms with Crippen molar-refractivity contribution in [3.05, 3.63) is 0 Å². The number of nitrogens with zero attached hydrogens (tertiary/aromatic N) is 2. The zero-order valence-corrected chi connectivity index (χ0v) is 12.6. The van der Waals surface area contributed by atoms with Gasteiger partial charge in [-0.05, 0) is 12.8 Å². The predicted octanol–water partition coefficient (Wildman–Crippen LogP) is 1.28. The van der Waals surface area contributed by atoms with Crippen LogP contribution in [0, 0.1) is 5.92 Å². The third-order valence-electron chi connectivity index (χ3n) is 1.96. The lowest BCUT2D eigenvalue weighted by molar-refractivity contribution is -0.119. The van der Waals surface area contributed by atoms with Gasteiger partial charge in [-0.2, -0.15) is 0 Å². The minimum absolute atomic E-state index is 0.440. The van der Waals surface area contributed by atoms with Gasteiger partial charge in [0.2, 0.25) is 11.0 Å². The summed E-state index contributed by atoms with van der Waals surface area (Å²) in [7, 11) is 0. The molecule has 1 aromatic heterocycles. The fourth-order valence-electron chi connectivity index (χ4n) is 1.05. The Hall–Kier alpha value is -1.35. The molecule has 0 aromatic carbocycles. The Labute approximate surface area is 119 Å². The first-order valence-corrected chi connectivity index (χ1v) is 7.42. The number of amides is 3. The van der Waals surface area contributed by atoms with E-state index in [0.717, 1.165) is 11.7 Å². The third-order valence-corrected chi connectivity index (χ3v) is 4.03. The van der Waals surface area contributed by atoms with E-state index in [2.05, 4.69) is 29.4 Å². The van der Waals surface area contributed by atoms with Crippen molar-refractivity contribution in [2.75, 3.05) is 11.9 Å². The van der Waals surface area contributed by atoms with E-state index in [1.54, 1.807) is 6.92 Å². The van der Waals surface area contributed by atoms with E-state index in [1.165, 1.54) is 23.1 Å². The van der Waals surface area contributed by atoms with Crippen LogP contribution in [-0.2, 0) is 4.79 Å². The van der Waals surface area contributed by atoms with E-state index >= 15 is 0 Å². The van der Waals surface area contributed by atoms with Crippen molar-refractivity contribution in [3.8, 4) is 0 Å². The van der Waals surface area contributed by atoms with Crippen LogP contribution in [0.1, 0.15) is 20.8 Å². The molecule has 1 rings (SSSR count). The van der Waals surface area contributed by atoms with Crippen molar-refractivity contribution in [2.24, 2.45) is 11.7 Å². The number of anilines is 1. The van der Waals surface area contributed by atoms with Crippen LogP contribution in [0.25, 0.3) is 0 Å². The third kappa shape index (κ3) is 5.88. The van der Waals surface area contributed by atoms with Crippen LogP contribution >= 0.6 is 23.1 Å².